The highest BCUT2D eigenvalue weighted by atomic mass is 16.6. The van der Waals surface area contributed by atoms with Crippen molar-refractivity contribution < 1.29 is 19.2 Å². The van der Waals surface area contributed by atoms with Crippen LogP contribution in [0, 0.1) is 17.0 Å². The summed E-state index contributed by atoms with van der Waals surface area (Å²) in [5.41, 5.74) is 1.43. The molecule has 1 amide bonds. The van der Waals surface area contributed by atoms with Gasteiger partial charge in [0.1, 0.15) is 0 Å². The first-order valence-electron chi connectivity index (χ1n) is 8.26. The average Bonchev–Trinajstić information content (AvgIpc) is 2.62. The molecule has 0 atom stereocenters. The summed E-state index contributed by atoms with van der Waals surface area (Å²) in [6.45, 7) is 3.99. The van der Waals surface area contributed by atoms with Gasteiger partial charge in [0.25, 0.3) is 11.6 Å². The molecule has 0 saturated carbocycles. The van der Waals surface area contributed by atoms with Gasteiger partial charge in [0.2, 0.25) is 0 Å². The summed E-state index contributed by atoms with van der Waals surface area (Å²) in [7, 11) is 0. The normalized spacial score (nSPS) is 10.2. The van der Waals surface area contributed by atoms with E-state index in [9.17, 15) is 19.7 Å². The van der Waals surface area contributed by atoms with Crippen molar-refractivity contribution in [2.45, 2.75) is 26.7 Å². The zero-order chi connectivity index (χ0) is 19.1. The summed E-state index contributed by atoms with van der Waals surface area (Å²) in [6.07, 6.45) is 1.75. The predicted octanol–water partition coefficient (Wildman–Crippen LogP) is 4.11. The number of nitro groups is 1. The van der Waals surface area contributed by atoms with Crippen LogP contribution >= 0.6 is 0 Å². The van der Waals surface area contributed by atoms with E-state index in [0.717, 1.165) is 12.8 Å². The first kappa shape index (κ1) is 19.1. The molecular formula is C19H20N2O5. The molecular weight excluding hydrogens is 336 g/mol. The van der Waals surface area contributed by atoms with Crippen molar-refractivity contribution in [3.8, 4) is 0 Å². The lowest BCUT2D eigenvalue weighted by Gasteiger charge is -2.08. The number of amides is 1. The van der Waals surface area contributed by atoms with Crippen molar-refractivity contribution in [3.05, 3.63) is 69.3 Å². The number of anilines is 1. The second-order valence-electron chi connectivity index (χ2n) is 5.78. The van der Waals surface area contributed by atoms with Crippen molar-refractivity contribution in [1.82, 2.24) is 0 Å². The Hall–Kier alpha value is -3.22. The lowest BCUT2D eigenvalue weighted by Crippen LogP contribution is -2.13. The second-order valence-corrected chi connectivity index (χ2v) is 5.78. The van der Waals surface area contributed by atoms with Crippen molar-refractivity contribution in [1.29, 1.82) is 0 Å². The Balaban J connectivity index is 2.04. The predicted molar refractivity (Wildman–Crippen MR) is 97.4 cm³/mol. The zero-order valence-corrected chi connectivity index (χ0v) is 14.7. The van der Waals surface area contributed by atoms with Crippen LogP contribution in [-0.4, -0.2) is 23.4 Å². The molecule has 0 aliphatic rings. The van der Waals surface area contributed by atoms with Crippen LogP contribution < -0.4 is 5.32 Å². The van der Waals surface area contributed by atoms with Gasteiger partial charge in [-0.1, -0.05) is 19.4 Å². The number of aryl methyl sites for hydroxylation is 1. The molecule has 7 heteroatoms. The highest BCUT2D eigenvalue weighted by Gasteiger charge is 2.15. The van der Waals surface area contributed by atoms with E-state index in [0.29, 0.717) is 23.4 Å². The summed E-state index contributed by atoms with van der Waals surface area (Å²) in [5, 5.41) is 13.6. The smallest absolute Gasteiger partial charge is 0.338 e. The summed E-state index contributed by atoms with van der Waals surface area (Å²) in [6, 6.07) is 10.6. The van der Waals surface area contributed by atoms with Crippen LogP contribution in [0.2, 0.25) is 0 Å². The molecule has 2 rings (SSSR count). The molecule has 0 fully saturated rings. The summed E-state index contributed by atoms with van der Waals surface area (Å²) < 4.78 is 5.12. The summed E-state index contributed by atoms with van der Waals surface area (Å²) >= 11 is 0. The Bertz CT molecular complexity index is 815. The Kier molecular flexibility index (Phi) is 6.43. The van der Waals surface area contributed by atoms with Gasteiger partial charge < -0.3 is 10.1 Å². The number of hydrogen-bond acceptors (Lipinski definition) is 5. The number of esters is 1. The van der Waals surface area contributed by atoms with Crippen LogP contribution in [0.5, 0.6) is 0 Å². The minimum atomic E-state index is -0.523. The van der Waals surface area contributed by atoms with Crippen molar-refractivity contribution >= 4 is 23.3 Å². The molecule has 0 radical (unpaired) electrons. The number of carbonyl (C=O) groups excluding carboxylic acids is 2. The number of unbranched alkanes of at least 4 members (excludes halogenated alkanes) is 1. The van der Waals surface area contributed by atoms with Crippen LogP contribution in [-0.2, 0) is 4.74 Å². The molecule has 2 aromatic carbocycles. The number of benzene rings is 2. The SMILES string of the molecule is CCCCOC(=O)c1ccc(NC(=O)c2ccc(C)c([N+](=O)[O-])c2)cc1. The molecule has 0 bridgehead atoms. The van der Waals surface area contributed by atoms with Crippen molar-refractivity contribution in [2.24, 2.45) is 0 Å². The van der Waals surface area contributed by atoms with E-state index in [2.05, 4.69) is 5.32 Å². The van der Waals surface area contributed by atoms with E-state index in [1.165, 1.54) is 18.2 Å². The third-order valence-electron chi connectivity index (χ3n) is 3.78. The van der Waals surface area contributed by atoms with Gasteiger partial charge in [-0.2, -0.15) is 0 Å². The maximum atomic E-state index is 12.3. The first-order valence-corrected chi connectivity index (χ1v) is 8.26. The second kappa shape index (κ2) is 8.75. The fraction of sp³-hybridized carbons (Fsp3) is 0.263. The van der Waals surface area contributed by atoms with Gasteiger partial charge in [0, 0.05) is 22.9 Å². The first-order chi connectivity index (χ1) is 12.4. The number of nitrogens with zero attached hydrogens (tertiary/aromatic N) is 1. The molecule has 7 nitrogen and oxygen atoms in total. The number of hydrogen-bond donors (Lipinski definition) is 1. The van der Waals surface area contributed by atoms with Crippen LogP contribution in [0.15, 0.2) is 42.5 Å². The van der Waals surface area contributed by atoms with Crippen LogP contribution in [0.25, 0.3) is 0 Å². The van der Waals surface area contributed by atoms with Gasteiger partial charge in [-0.15, -0.1) is 0 Å². The van der Waals surface area contributed by atoms with E-state index < -0.39 is 16.8 Å². The third kappa shape index (κ3) is 4.89. The Morgan fingerprint density at radius 3 is 2.38 bits per heavy atom. The van der Waals surface area contributed by atoms with E-state index in [4.69, 9.17) is 4.74 Å². The standard InChI is InChI=1S/C19H20N2O5/c1-3-4-11-26-19(23)14-7-9-16(10-8-14)20-18(22)15-6-5-13(2)17(12-15)21(24)25/h5-10,12H,3-4,11H2,1-2H3,(H,20,22). The quantitative estimate of drug-likeness (QED) is 0.348. The topological polar surface area (TPSA) is 98.5 Å². The van der Waals surface area contributed by atoms with Gasteiger partial charge in [0.15, 0.2) is 0 Å². The van der Waals surface area contributed by atoms with Crippen molar-refractivity contribution in [3.63, 3.8) is 0 Å². The van der Waals surface area contributed by atoms with E-state index >= 15 is 0 Å². The Morgan fingerprint density at radius 2 is 1.77 bits per heavy atom. The maximum Gasteiger partial charge on any atom is 0.338 e. The molecule has 0 saturated heterocycles. The largest absolute Gasteiger partial charge is 0.462 e. The number of nitrogens with one attached hydrogen (secondary N) is 1. The number of rotatable bonds is 7. The minimum absolute atomic E-state index is 0.108. The maximum absolute atomic E-state index is 12.3. The summed E-state index contributed by atoms with van der Waals surface area (Å²) in [4.78, 5) is 34.6. The minimum Gasteiger partial charge on any atom is -0.462 e. The van der Waals surface area contributed by atoms with Gasteiger partial charge in [0.05, 0.1) is 17.1 Å². The van der Waals surface area contributed by atoms with E-state index in [1.54, 1.807) is 31.2 Å². The number of carbonyl (C=O) groups is 2. The summed E-state index contributed by atoms with van der Waals surface area (Å²) in [5.74, 6) is -0.878. The molecule has 0 heterocycles. The molecule has 136 valence electrons. The van der Waals surface area contributed by atoms with Crippen molar-refractivity contribution in [2.75, 3.05) is 11.9 Å². The Morgan fingerprint density at radius 1 is 1.12 bits per heavy atom. The zero-order valence-electron chi connectivity index (χ0n) is 14.7. The molecule has 0 aliphatic heterocycles. The highest BCUT2D eigenvalue weighted by molar-refractivity contribution is 6.05. The van der Waals surface area contributed by atoms with Crippen LogP contribution in [0.4, 0.5) is 11.4 Å². The molecule has 2 aromatic rings. The average molecular weight is 356 g/mol. The molecule has 0 spiro atoms. The lowest BCUT2D eigenvalue weighted by atomic mass is 10.1. The molecule has 26 heavy (non-hydrogen) atoms. The fourth-order valence-corrected chi connectivity index (χ4v) is 2.23. The van der Waals surface area contributed by atoms with Gasteiger partial charge >= 0.3 is 5.97 Å². The van der Waals surface area contributed by atoms with Gasteiger partial charge in [-0.05, 0) is 43.7 Å². The number of nitro benzene ring substituents is 1. The van der Waals surface area contributed by atoms with Crippen LogP contribution in [0.1, 0.15) is 46.0 Å². The highest BCUT2D eigenvalue weighted by Crippen LogP contribution is 2.20. The fourth-order valence-electron chi connectivity index (χ4n) is 2.23. The number of ether oxygens (including phenoxy) is 1. The lowest BCUT2D eigenvalue weighted by molar-refractivity contribution is -0.385. The molecule has 0 unspecified atom stereocenters. The molecule has 1 N–H and O–H groups in total. The molecule has 0 aromatic heterocycles. The Labute approximate surface area is 151 Å². The molecule has 0 aliphatic carbocycles. The van der Waals surface area contributed by atoms with Crippen LogP contribution in [0.3, 0.4) is 0 Å². The monoisotopic (exact) mass is 356 g/mol. The van der Waals surface area contributed by atoms with Gasteiger partial charge in [-0.3, -0.25) is 14.9 Å². The third-order valence-corrected chi connectivity index (χ3v) is 3.78. The van der Waals surface area contributed by atoms with E-state index in [-0.39, 0.29) is 11.3 Å². The van der Waals surface area contributed by atoms with Gasteiger partial charge in [-0.25, -0.2) is 4.79 Å². The van der Waals surface area contributed by atoms with E-state index in [1.807, 2.05) is 6.92 Å².